The van der Waals surface area contributed by atoms with Crippen molar-refractivity contribution in [3.05, 3.63) is 0 Å². The van der Waals surface area contributed by atoms with E-state index in [9.17, 15) is 13.2 Å². The van der Waals surface area contributed by atoms with Gasteiger partial charge >= 0.3 is 5.97 Å². The van der Waals surface area contributed by atoms with Crippen molar-refractivity contribution in [3.63, 3.8) is 0 Å². The molecule has 6 nitrogen and oxygen atoms in total. The number of hydrogen-bond donors (Lipinski definition) is 1. The minimum absolute atomic E-state index is 0.0865. The van der Waals surface area contributed by atoms with Gasteiger partial charge < -0.3 is 9.84 Å². The molecule has 0 aliphatic carbocycles. The van der Waals surface area contributed by atoms with Crippen molar-refractivity contribution in [2.75, 3.05) is 18.9 Å². The molecule has 0 saturated carbocycles. The lowest BCUT2D eigenvalue weighted by Gasteiger charge is -2.26. The van der Waals surface area contributed by atoms with Crippen molar-refractivity contribution in [3.8, 4) is 0 Å². The smallest absolute Gasteiger partial charge is 0.322 e. The van der Waals surface area contributed by atoms with Crippen LogP contribution in [0, 0.1) is 0 Å². The molecule has 104 valence electrons. The highest BCUT2D eigenvalue weighted by Gasteiger charge is 2.39. The second-order valence-electron chi connectivity index (χ2n) is 4.87. The second-order valence-corrected chi connectivity index (χ2v) is 6.84. The molecular formula is C11H19NO5S. The van der Waals surface area contributed by atoms with Gasteiger partial charge in [0, 0.05) is 13.2 Å². The molecule has 0 amide bonds. The van der Waals surface area contributed by atoms with Crippen LogP contribution in [0.1, 0.15) is 32.1 Å². The van der Waals surface area contributed by atoms with E-state index in [1.165, 1.54) is 0 Å². The van der Waals surface area contributed by atoms with Crippen molar-refractivity contribution in [1.29, 1.82) is 0 Å². The average Bonchev–Trinajstić information content (AvgIpc) is 2.79. The predicted octanol–water partition coefficient (Wildman–Crippen LogP) is 0.434. The van der Waals surface area contributed by atoms with E-state index in [-0.39, 0.29) is 11.9 Å². The Hall–Kier alpha value is -0.660. The van der Waals surface area contributed by atoms with Gasteiger partial charge in [0.25, 0.3) is 0 Å². The van der Waals surface area contributed by atoms with Crippen LogP contribution in [0.25, 0.3) is 0 Å². The number of carboxylic acids is 1. The molecule has 2 heterocycles. The number of carbonyl (C=O) groups is 1. The Labute approximate surface area is 107 Å². The summed E-state index contributed by atoms with van der Waals surface area (Å²) >= 11 is 0. The molecule has 2 aliphatic rings. The number of rotatable bonds is 4. The van der Waals surface area contributed by atoms with E-state index in [0.29, 0.717) is 26.0 Å². The van der Waals surface area contributed by atoms with Gasteiger partial charge in [-0.05, 0) is 32.1 Å². The third kappa shape index (κ3) is 3.02. The normalized spacial score (nSPS) is 30.4. The van der Waals surface area contributed by atoms with E-state index >= 15 is 0 Å². The number of hydrogen-bond acceptors (Lipinski definition) is 4. The molecule has 1 unspecified atom stereocenters. The molecule has 7 heteroatoms. The lowest BCUT2D eigenvalue weighted by atomic mass is 10.1. The fourth-order valence-corrected chi connectivity index (χ4v) is 4.50. The lowest BCUT2D eigenvalue weighted by molar-refractivity contribution is -0.140. The molecule has 2 rings (SSSR count). The summed E-state index contributed by atoms with van der Waals surface area (Å²) < 4.78 is 30.9. The molecule has 2 aliphatic heterocycles. The first kappa shape index (κ1) is 13.8. The van der Waals surface area contributed by atoms with Crippen LogP contribution in [0.15, 0.2) is 0 Å². The summed E-state index contributed by atoms with van der Waals surface area (Å²) in [5, 5.41) is 9.02. The minimum atomic E-state index is -3.53. The Bertz CT molecular complexity index is 402. The molecule has 0 aromatic heterocycles. The molecule has 0 aromatic rings. The first-order valence-electron chi connectivity index (χ1n) is 6.34. The van der Waals surface area contributed by atoms with Gasteiger partial charge in [0.2, 0.25) is 10.0 Å². The minimum Gasteiger partial charge on any atom is -0.480 e. The lowest BCUT2D eigenvalue weighted by Crippen LogP contribution is -2.44. The Morgan fingerprint density at radius 3 is 2.67 bits per heavy atom. The summed E-state index contributed by atoms with van der Waals surface area (Å²) in [7, 11) is -3.53. The van der Waals surface area contributed by atoms with Crippen molar-refractivity contribution in [2.24, 2.45) is 0 Å². The highest BCUT2D eigenvalue weighted by atomic mass is 32.2. The molecule has 0 radical (unpaired) electrons. The van der Waals surface area contributed by atoms with Crippen molar-refractivity contribution in [1.82, 2.24) is 4.31 Å². The maximum atomic E-state index is 12.2. The van der Waals surface area contributed by atoms with Crippen LogP contribution in [-0.2, 0) is 19.6 Å². The fourth-order valence-electron chi connectivity index (χ4n) is 2.59. The van der Waals surface area contributed by atoms with Gasteiger partial charge in [-0.1, -0.05) is 0 Å². The SMILES string of the molecule is O=C(O)[C@@H]1CCCN1S(=O)(=O)CC1CCCCO1. The maximum absolute atomic E-state index is 12.2. The molecule has 1 N–H and O–H groups in total. The summed E-state index contributed by atoms with van der Waals surface area (Å²) in [6.45, 7) is 0.911. The van der Waals surface area contributed by atoms with Gasteiger partial charge in [0.15, 0.2) is 0 Å². The van der Waals surface area contributed by atoms with Crippen LogP contribution in [0.2, 0.25) is 0 Å². The molecule has 2 fully saturated rings. The molecule has 0 bridgehead atoms. The van der Waals surface area contributed by atoms with E-state index < -0.39 is 22.0 Å². The van der Waals surface area contributed by atoms with E-state index in [2.05, 4.69) is 0 Å². The molecule has 2 atom stereocenters. The van der Waals surface area contributed by atoms with Gasteiger partial charge in [0.05, 0.1) is 11.9 Å². The predicted molar refractivity (Wildman–Crippen MR) is 64.7 cm³/mol. The zero-order valence-electron chi connectivity index (χ0n) is 10.2. The molecule has 2 saturated heterocycles. The van der Waals surface area contributed by atoms with Crippen LogP contribution in [0.4, 0.5) is 0 Å². The molecule has 0 aromatic carbocycles. The summed E-state index contributed by atoms with van der Waals surface area (Å²) in [6.07, 6.45) is 3.42. The molecule has 18 heavy (non-hydrogen) atoms. The van der Waals surface area contributed by atoms with E-state index in [0.717, 1.165) is 23.6 Å². The first-order valence-corrected chi connectivity index (χ1v) is 7.95. The van der Waals surface area contributed by atoms with Crippen LogP contribution in [-0.4, -0.2) is 54.8 Å². The van der Waals surface area contributed by atoms with Crippen molar-refractivity contribution >= 4 is 16.0 Å². The first-order chi connectivity index (χ1) is 8.50. The summed E-state index contributed by atoms with van der Waals surface area (Å²) in [5.74, 6) is -1.14. The maximum Gasteiger partial charge on any atom is 0.322 e. The molecule has 0 spiro atoms. The number of carboxylic acid groups (broad SMARTS) is 1. The monoisotopic (exact) mass is 277 g/mol. The summed E-state index contributed by atoms with van der Waals surface area (Å²) in [4.78, 5) is 11.0. The zero-order chi connectivity index (χ0) is 13.2. The van der Waals surface area contributed by atoms with Crippen LogP contribution in [0.3, 0.4) is 0 Å². The number of nitrogens with zero attached hydrogens (tertiary/aromatic N) is 1. The van der Waals surface area contributed by atoms with Crippen molar-refractivity contribution < 1.29 is 23.1 Å². The van der Waals surface area contributed by atoms with Crippen LogP contribution >= 0.6 is 0 Å². The third-order valence-corrected chi connectivity index (χ3v) is 5.46. The van der Waals surface area contributed by atoms with Gasteiger partial charge in [-0.25, -0.2) is 8.42 Å². The number of sulfonamides is 1. The van der Waals surface area contributed by atoms with Gasteiger partial charge in [-0.3, -0.25) is 4.79 Å². The van der Waals surface area contributed by atoms with Gasteiger partial charge in [-0.15, -0.1) is 0 Å². The van der Waals surface area contributed by atoms with Gasteiger partial charge in [0.1, 0.15) is 6.04 Å². The van der Waals surface area contributed by atoms with Crippen molar-refractivity contribution in [2.45, 2.75) is 44.2 Å². The fraction of sp³-hybridized carbons (Fsp3) is 0.909. The largest absolute Gasteiger partial charge is 0.480 e. The van der Waals surface area contributed by atoms with Crippen LogP contribution < -0.4 is 0 Å². The Morgan fingerprint density at radius 2 is 2.06 bits per heavy atom. The Kier molecular flexibility index (Phi) is 4.24. The standard InChI is InChI=1S/C11H19NO5S/c13-11(14)10-5-3-6-12(10)18(15,16)8-9-4-1-2-7-17-9/h9-10H,1-8H2,(H,13,14)/t9?,10-/m0/s1. The average molecular weight is 277 g/mol. The highest BCUT2D eigenvalue weighted by Crippen LogP contribution is 2.24. The van der Waals surface area contributed by atoms with E-state index in [1.54, 1.807) is 0 Å². The molecular weight excluding hydrogens is 258 g/mol. The number of aliphatic carboxylic acids is 1. The van der Waals surface area contributed by atoms with E-state index in [4.69, 9.17) is 9.84 Å². The highest BCUT2D eigenvalue weighted by molar-refractivity contribution is 7.89. The summed E-state index contributed by atoms with van der Waals surface area (Å²) in [6, 6.07) is -0.890. The van der Waals surface area contributed by atoms with E-state index in [1.807, 2.05) is 0 Å². The second kappa shape index (κ2) is 5.54. The van der Waals surface area contributed by atoms with Crippen LogP contribution in [0.5, 0.6) is 0 Å². The summed E-state index contributed by atoms with van der Waals surface area (Å²) in [5.41, 5.74) is 0. The van der Waals surface area contributed by atoms with Gasteiger partial charge in [-0.2, -0.15) is 4.31 Å². The Balaban J connectivity index is 2.03. The Morgan fingerprint density at radius 1 is 1.28 bits per heavy atom. The zero-order valence-corrected chi connectivity index (χ0v) is 11.1. The number of ether oxygens (including phenoxy) is 1. The quantitative estimate of drug-likeness (QED) is 0.806. The third-order valence-electron chi connectivity index (χ3n) is 3.52. The topological polar surface area (TPSA) is 83.9 Å².